The second-order valence-corrected chi connectivity index (χ2v) is 6.69. The summed E-state index contributed by atoms with van der Waals surface area (Å²) in [4.78, 5) is 0. The molecular weight excluding hydrogens is 292 g/mol. The van der Waals surface area contributed by atoms with Crippen molar-refractivity contribution in [1.82, 2.24) is 9.72 Å². The maximum absolute atomic E-state index is 5.71. The second-order valence-electron chi connectivity index (χ2n) is 6.32. The SMILES string of the molecule is ClCCCCCNCCc1c2c(n3ccccc13)CCCC2. The number of fused-ring (bicyclic) bond motifs is 3. The lowest BCUT2D eigenvalue weighted by atomic mass is 9.93. The normalized spacial score (nSPS) is 14.4. The summed E-state index contributed by atoms with van der Waals surface area (Å²) in [6, 6.07) is 6.61. The summed E-state index contributed by atoms with van der Waals surface area (Å²) in [6.07, 6.45) is 12.2. The minimum Gasteiger partial charge on any atom is -0.320 e. The van der Waals surface area contributed by atoms with Gasteiger partial charge in [0.25, 0.3) is 0 Å². The third-order valence-electron chi connectivity index (χ3n) is 4.80. The summed E-state index contributed by atoms with van der Waals surface area (Å²) in [5, 5.41) is 3.60. The lowest BCUT2D eigenvalue weighted by molar-refractivity contribution is 0.615. The first-order valence-electron chi connectivity index (χ1n) is 8.78. The van der Waals surface area contributed by atoms with Crippen molar-refractivity contribution in [3.8, 4) is 0 Å². The van der Waals surface area contributed by atoms with Crippen molar-refractivity contribution >= 4 is 17.1 Å². The van der Waals surface area contributed by atoms with Gasteiger partial charge in [-0.3, -0.25) is 0 Å². The Labute approximate surface area is 138 Å². The maximum Gasteiger partial charge on any atom is 0.0488 e. The van der Waals surface area contributed by atoms with Gasteiger partial charge in [0.15, 0.2) is 0 Å². The summed E-state index contributed by atoms with van der Waals surface area (Å²) < 4.78 is 2.43. The minimum absolute atomic E-state index is 0.795. The molecule has 0 saturated carbocycles. The number of halogens is 1. The molecule has 1 N–H and O–H groups in total. The van der Waals surface area contributed by atoms with Crippen LogP contribution in [0.3, 0.4) is 0 Å². The smallest absolute Gasteiger partial charge is 0.0488 e. The number of nitrogens with one attached hydrogen (secondary N) is 1. The molecule has 0 bridgehead atoms. The van der Waals surface area contributed by atoms with Crippen molar-refractivity contribution in [1.29, 1.82) is 0 Å². The van der Waals surface area contributed by atoms with Crippen molar-refractivity contribution in [3.63, 3.8) is 0 Å². The molecule has 1 aliphatic rings. The highest BCUT2D eigenvalue weighted by atomic mass is 35.5. The molecule has 3 rings (SSSR count). The van der Waals surface area contributed by atoms with Gasteiger partial charge in [0.1, 0.15) is 0 Å². The second kappa shape index (κ2) is 8.03. The van der Waals surface area contributed by atoms with E-state index in [1.807, 2.05) is 0 Å². The van der Waals surface area contributed by atoms with Gasteiger partial charge in [0, 0.05) is 23.3 Å². The van der Waals surface area contributed by atoms with E-state index in [0.29, 0.717) is 0 Å². The van der Waals surface area contributed by atoms with E-state index in [-0.39, 0.29) is 0 Å². The molecule has 22 heavy (non-hydrogen) atoms. The molecule has 2 nitrogen and oxygen atoms in total. The van der Waals surface area contributed by atoms with Crippen LogP contribution in [-0.2, 0) is 19.3 Å². The van der Waals surface area contributed by atoms with Crippen molar-refractivity contribution in [2.24, 2.45) is 0 Å². The van der Waals surface area contributed by atoms with Crippen LogP contribution in [0.1, 0.15) is 48.9 Å². The number of unbranched alkanes of at least 4 members (excludes halogenated alkanes) is 2. The number of alkyl halides is 1. The van der Waals surface area contributed by atoms with Gasteiger partial charge in [-0.05, 0) is 81.3 Å². The number of nitrogens with zero attached hydrogens (tertiary/aromatic N) is 1. The maximum atomic E-state index is 5.71. The largest absolute Gasteiger partial charge is 0.320 e. The summed E-state index contributed by atoms with van der Waals surface area (Å²) in [7, 11) is 0. The van der Waals surface area contributed by atoms with Crippen LogP contribution >= 0.6 is 11.6 Å². The van der Waals surface area contributed by atoms with E-state index in [1.165, 1.54) is 44.0 Å². The molecule has 0 unspecified atom stereocenters. The highest BCUT2D eigenvalue weighted by Crippen LogP contribution is 2.30. The number of pyridine rings is 1. The van der Waals surface area contributed by atoms with Crippen molar-refractivity contribution in [3.05, 3.63) is 41.2 Å². The molecule has 2 aromatic heterocycles. The van der Waals surface area contributed by atoms with Crippen molar-refractivity contribution in [2.45, 2.75) is 51.4 Å². The molecular formula is C19H27ClN2. The Morgan fingerprint density at radius 2 is 1.95 bits per heavy atom. The van der Waals surface area contributed by atoms with Crippen LogP contribution in [0, 0.1) is 0 Å². The fourth-order valence-corrected chi connectivity index (χ4v) is 3.89. The Morgan fingerprint density at radius 3 is 2.86 bits per heavy atom. The molecule has 1 aliphatic carbocycles. The molecule has 0 fully saturated rings. The molecule has 0 atom stereocenters. The number of hydrogen-bond acceptors (Lipinski definition) is 1. The first-order valence-corrected chi connectivity index (χ1v) is 9.31. The average molecular weight is 319 g/mol. The van der Waals surface area contributed by atoms with Crippen LogP contribution in [0.5, 0.6) is 0 Å². The van der Waals surface area contributed by atoms with E-state index in [2.05, 4.69) is 34.1 Å². The third-order valence-corrected chi connectivity index (χ3v) is 5.07. The first kappa shape index (κ1) is 15.9. The van der Waals surface area contributed by atoms with Crippen molar-refractivity contribution in [2.75, 3.05) is 19.0 Å². The van der Waals surface area contributed by atoms with Gasteiger partial charge in [-0.25, -0.2) is 0 Å². The van der Waals surface area contributed by atoms with Gasteiger partial charge < -0.3 is 9.72 Å². The standard InChI is InChI=1S/C19H27ClN2/c20-12-5-1-6-13-21-14-11-17-16-8-2-3-9-18(16)22-15-7-4-10-19(17)22/h4,7,10,15,21H,1-3,5-6,8-9,11-14H2. The van der Waals surface area contributed by atoms with E-state index in [0.717, 1.165) is 31.8 Å². The van der Waals surface area contributed by atoms with E-state index in [4.69, 9.17) is 11.6 Å². The lowest BCUT2D eigenvalue weighted by Gasteiger charge is -2.13. The summed E-state index contributed by atoms with van der Waals surface area (Å²) in [6.45, 7) is 2.20. The molecule has 2 heterocycles. The quantitative estimate of drug-likeness (QED) is 0.565. The van der Waals surface area contributed by atoms with Crippen molar-refractivity contribution < 1.29 is 0 Å². The van der Waals surface area contributed by atoms with Crippen LogP contribution in [-0.4, -0.2) is 23.4 Å². The topological polar surface area (TPSA) is 16.4 Å². The summed E-state index contributed by atoms with van der Waals surface area (Å²) in [5.41, 5.74) is 6.22. The molecule has 0 aromatic carbocycles. The fourth-order valence-electron chi connectivity index (χ4n) is 3.70. The highest BCUT2D eigenvalue weighted by molar-refractivity contribution is 6.17. The lowest BCUT2D eigenvalue weighted by Crippen LogP contribution is -2.19. The van der Waals surface area contributed by atoms with Gasteiger partial charge >= 0.3 is 0 Å². The zero-order valence-electron chi connectivity index (χ0n) is 13.4. The predicted molar refractivity (Wildman–Crippen MR) is 95.2 cm³/mol. The monoisotopic (exact) mass is 318 g/mol. The number of hydrogen-bond donors (Lipinski definition) is 1. The van der Waals surface area contributed by atoms with Gasteiger partial charge in [-0.1, -0.05) is 12.5 Å². The Morgan fingerprint density at radius 1 is 1.05 bits per heavy atom. The molecule has 120 valence electrons. The van der Waals surface area contributed by atoms with Gasteiger partial charge in [0.05, 0.1) is 0 Å². The Kier molecular flexibility index (Phi) is 5.80. The zero-order chi connectivity index (χ0) is 15.2. The molecule has 0 saturated heterocycles. The average Bonchev–Trinajstić information content (AvgIpc) is 2.89. The molecule has 0 aliphatic heterocycles. The molecule has 2 aromatic rings. The third kappa shape index (κ3) is 3.49. The first-order chi connectivity index (χ1) is 10.9. The van der Waals surface area contributed by atoms with Gasteiger partial charge in [-0.2, -0.15) is 0 Å². The summed E-state index contributed by atoms with van der Waals surface area (Å²) in [5.74, 6) is 0.795. The van der Waals surface area contributed by atoms with Crippen LogP contribution in [0.15, 0.2) is 24.4 Å². The van der Waals surface area contributed by atoms with Crippen LogP contribution in [0.25, 0.3) is 5.52 Å². The van der Waals surface area contributed by atoms with Crippen LogP contribution < -0.4 is 5.32 Å². The highest BCUT2D eigenvalue weighted by Gasteiger charge is 2.19. The van der Waals surface area contributed by atoms with E-state index in [1.54, 1.807) is 16.8 Å². The minimum atomic E-state index is 0.795. The van der Waals surface area contributed by atoms with Gasteiger partial charge in [0.2, 0.25) is 0 Å². The predicted octanol–water partition coefficient (Wildman–Crippen LogP) is 4.36. The molecule has 0 amide bonds. The number of aryl methyl sites for hydroxylation is 1. The van der Waals surface area contributed by atoms with Crippen LogP contribution in [0.4, 0.5) is 0 Å². The van der Waals surface area contributed by atoms with E-state index >= 15 is 0 Å². The Bertz CT molecular complexity index is 603. The van der Waals surface area contributed by atoms with Crippen LogP contribution in [0.2, 0.25) is 0 Å². The Hall–Kier alpha value is -0.990. The molecule has 3 heteroatoms. The van der Waals surface area contributed by atoms with E-state index < -0.39 is 0 Å². The molecule has 0 radical (unpaired) electrons. The van der Waals surface area contributed by atoms with E-state index in [9.17, 15) is 0 Å². The zero-order valence-corrected chi connectivity index (χ0v) is 14.2. The van der Waals surface area contributed by atoms with Gasteiger partial charge in [-0.15, -0.1) is 11.6 Å². The Balaban J connectivity index is 1.63. The number of aromatic nitrogens is 1. The molecule has 0 spiro atoms. The fraction of sp³-hybridized carbons (Fsp3) is 0.579. The summed E-state index contributed by atoms with van der Waals surface area (Å²) >= 11 is 5.71. The number of rotatable bonds is 8.